The smallest absolute Gasteiger partial charge is 0.410 e. The number of hydrogen-bond acceptors (Lipinski definition) is 5. The van der Waals surface area contributed by atoms with Crippen molar-refractivity contribution in [1.82, 2.24) is 24.7 Å². The zero-order valence-corrected chi connectivity index (χ0v) is 21.4. The third kappa shape index (κ3) is 5.12. The highest BCUT2D eigenvalue weighted by Gasteiger charge is 2.42. The van der Waals surface area contributed by atoms with E-state index in [0.717, 1.165) is 61.4 Å². The van der Waals surface area contributed by atoms with Crippen molar-refractivity contribution in [2.45, 2.75) is 83.1 Å². The summed E-state index contributed by atoms with van der Waals surface area (Å²) in [5.74, 6) is 0.551. The molecule has 1 aromatic carbocycles. The number of nitrogens with zero attached hydrogens (tertiary/aromatic N) is 4. The maximum Gasteiger partial charge on any atom is 0.410 e. The molecule has 3 aliphatic heterocycles. The summed E-state index contributed by atoms with van der Waals surface area (Å²) in [6, 6.07) is 6.95. The molecule has 8 nitrogen and oxygen atoms in total. The van der Waals surface area contributed by atoms with E-state index in [1.165, 1.54) is 19.1 Å². The molecule has 2 unspecified atom stereocenters. The number of hydrogen-bond donors (Lipinski definition) is 1. The van der Waals surface area contributed by atoms with E-state index in [2.05, 4.69) is 19.8 Å². The zero-order chi connectivity index (χ0) is 25.4. The molecular weight excluding hydrogens is 461 g/mol. The van der Waals surface area contributed by atoms with Crippen LogP contribution in [0.25, 0.3) is 0 Å². The molecule has 2 aromatic rings. The van der Waals surface area contributed by atoms with Crippen LogP contribution in [0.4, 0.5) is 9.18 Å². The van der Waals surface area contributed by atoms with Gasteiger partial charge in [0.05, 0.1) is 24.0 Å². The molecule has 0 spiro atoms. The summed E-state index contributed by atoms with van der Waals surface area (Å²) in [6.45, 7) is 5.47. The van der Waals surface area contributed by atoms with Crippen molar-refractivity contribution in [3.05, 3.63) is 52.9 Å². The van der Waals surface area contributed by atoms with Gasteiger partial charge in [0.15, 0.2) is 0 Å². The Balaban J connectivity index is 1.16. The van der Waals surface area contributed by atoms with E-state index >= 15 is 0 Å². The Bertz CT molecular complexity index is 1120. The second-order valence-electron chi connectivity index (χ2n) is 10.5. The number of aromatic nitrogens is 2. The van der Waals surface area contributed by atoms with Crippen LogP contribution < -0.4 is 5.32 Å². The number of imidazole rings is 1. The van der Waals surface area contributed by atoms with Gasteiger partial charge in [-0.25, -0.2) is 14.2 Å². The summed E-state index contributed by atoms with van der Waals surface area (Å²) in [6.07, 6.45) is 5.00. The van der Waals surface area contributed by atoms with Gasteiger partial charge in [-0.1, -0.05) is 12.1 Å². The molecule has 3 aliphatic rings. The molecule has 2 fully saturated rings. The molecule has 2 amide bonds. The predicted octanol–water partition coefficient (Wildman–Crippen LogP) is 3.63. The summed E-state index contributed by atoms with van der Waals surface area (Å²) in [4.78, 5) is 33.7. The van der Waals surface area contributed by atoms with E-state index in [1.54, 1.807) is 11.0 Å². The van der Waals surface area contributed by atoms with Crippen molar-refractivity contribution in [2.24, 2.45) is 7.05 Å². The van der Waals surface area contributed by atoms with E-state index in [0.29, 0.717) is 31.6 Å². The fraction of sp³-hybridized carbons (Fsp3) is 0.593. The lowest BCUT2D eigenvalue weighted by Gasteiger charge is -2.40. The number of piperidine rings is 1. The Morgan fingerprint density at radius 3 is 2.69 bits per heavy atom. The Kier molecular flexibility index (Phi) is 7.01. The van der Waals surface area contributed by atoms with Gasteiger partial charge in [-0.15, -0.1) is 0 Å². The first-order valence-electron chi connectivity index (χ1n) is 13.0. The standard InChI is InChI=1S/C27H36FN5O3/c1-17-29-25-9-11-32(16-26(25)31(17)3)27(35)36-23-14-21-7-8-22(15-23)33(21)12-10-24(30-18(2)34)19-5-4-6-20(28)13-19/h4-6,13,21-24H,7-12,14-16H2,1-3H3,(H,30,34)/t21?,22?,23?,24-/m0/s1. The lowest BCUT2D eigenvalue weighted by molar-refractivity contribution is -0.119. The van der Waals surface area contributed by atoms with Gasteiger partial charge >= 0.3 is 6.09 Å². The molecular formula is C27H36FN5O3. The first-order valence-corrected chi connectivity index (χ1v) is 13.0. The summed E-state index contributed by atoms with van der Waals surface area (Å²) < 4.78 is 21.9. The van der Waals surface area contributed by atoms with Gasteiger partial charge in [0.1, 0.15) is 17.7 Å². The van der Waals surface area contributed by atoms with Crippen LogP contribution in [0, 0.1) is 12.7 Å². The van der Waals surface area contributed by atoms with Crippen molar-refractivity contribution in [1.29, 1.82) is 0 Å². The van der Waals surface area contributed by atoms with Crippen LogP contribution in [0.15, 0.2) is 24.3 Å². The lowest BCUT2D eigenvalue weighted by Crippen LogP contribution is -2.48. The van der Waals surface area contributed by atoms with Gasteiger partial charge in [-0.2, -0.15) is 0 Å². The van der Waals surface area contributed by atoms with Crippen molar-refractivity contribution in [2.75, 3.05) is 13.1 Å². The average Bonchev–Trinajstić information content (AvgIpc) is 3.26. The fourth-order valence-corrected chi connectivity index (χ4v) is 6.25. The first-order chi connectivity index (χ1) is 17.3. The number of amides is 2. The Morgan fingerprint density at radius 1 is 1.25 bits per heavy atom. The highest BCUT2D eigenvalue weighted by atomic mass is 19.1. The molecule has 1 N–H and O–H groups in total. The van der Waals surface area contributed by atoms with Crippen LogP contribution in [0.1, 0.15) is 67.8 Å². The maximum absolute atomic E-state index is 13.8. The van der Waals surface area contributed by atoms with Gasteiger partial charge in [-0.05, 0) is 43.9 Å². The van der Waals surface area contributed by atoms with Crippen LogP contribution in [0.5, 0.6) is 0 Å². The van der Waals surface area contributed by atoms with Gasteiger partial charge in [0.2, 0.25) is 5.91 Å². The number of rotatable bonds is 6. The second kappa shape index (κ2) is 10.2. The Morgan fingerprint density at radius 2 is 2.00 bits per heavy atom. The lowest BCUT2D eigenvalue weighted by atomic mass is 9.97. The second-order valence-corrected chi connectivity index (χ2v) is 10.5. The van der Waals surface area contributed by atoms with E-state index in [-0.39, 0.29) is 30.0 Å². The minimum absolute atomic E-state index is 0.0738. The quantitative estimate of drug-likeness (QED) is 0.660. The van der Waals surface area contributed by atoms with Gasteiger partial charge < -0.3 is 19.5 Å². The molecule has 36 heavy (non-hydrogen) atoms. The SMILES string of the molecule is CC(=O)N[C@@H](CCN1C2CCC1CC(OC(=O)N1CCc3nc(C)n(C)c3C1)C2)c1cccc(F)c1. The van der Waals surface area contributed by atoms with E-state index < -0.39 is 0 Å². The van der Waals surface area contributed by atoms with E-state index in [1.807, 2.05) is 20.0 Å². The number of carbonyl (C=O) groups is 2. The van der Waals surface area contributed by atoms with Crippen LogP contribution >= 0.6 is 0 Å². The number of aryl methyl sites for hydroxylation is 1. The van der Waals surface area contributed by atoms with Crippen molar-refractivity contribution in [3.8, 4) is 0 Å². The molecule has 2 saturated heterocycles. The van der Waals surface area contributed by atoms with Crippen molar-refractivity contribution in [3.63, 3.8) is 0 Å². The maximum atomic E-state index is 13.8. The molecule has 194 valence electrons. The molecule has 2 bridgehead atoms. The van der Waals surface area contributed by atoms with Crippen LogP contribution in [-0.4, -0.2) is 62.6 Å². The minimum atomic E-state index is -0.297. The number of halogens is 1. The molecule has 1 aromatic heterocycles. The third-order valence-electron chi connectivity index (χ3n) is 8.15. The Labute approximate surface area is 211 Å². The van der Waals surface area contributed by atoms with Crippen molar-refractivity contribution >= 4 is 12.0 Å². The number of benzene rings is 1. The minimum Gasteiger partial charge on any atom is -0.446 e. The molecule has 0 radical (unpaired) electrons. The number of carbonyl (C=O) groups excluding carboxylic acids is 2. The fourth-order valence-electron chi connectivity index (χ4n) is 6.25. The van der Waals surface area contributed by atoms with Gasteiger partial charge in [0.25, 0.3) is 0 Å². The molecule has 9 heteroatoms. The highest BCUT2D eigenvalue weighted by molar-refractivity contribution is 5.73. The summed E-state index contributed by atoms with van der Waals surface area (Å²) in [7, 11) is 1.99. The van der Waals surface area contributed by atoms with Crippen LogP contribution in [-0.2, 0) is 29.5 Å². The molecule has 3 atom stereocenters. The van der Waals surface area contributed by atoms with E-state index in [9.17, 15) is 14.0 Å². The number of fused-ring (bicyclic) bond motifs is 3. The first kappa shape index (κ1) is 24.7. The normalized spacial score (nSPS) is 24.3. The van der Waals surface area contributed by atoms with Crippen LogP contribution in [0.3, 0.4) is 0 Å². The summed E-state index contributed by atoms with van der Waals surface area (Å²) >= 11 is 0. The van der Waals surface area contributed by atoms with Crippen molar-refractivity contribution < 1.29 is 18.7 Å². The topological polar surface area (TPSA) is 79.7 Å². The predicted molar refractivity (Wildman–Crippen MR) is 133 cm³/mol. The van der Waals surface area contributed by atoms with Crippen LogP contribution in [0.2, 0.25) is 0 Å². The molecule has 5 rings (SSSR count). The van der Waals surface area contributed by atoms with E-state index in [4.69, 9.17) is 4.74 Å². The summed E-state index contributed by atoms with van der Waals surface area (Å²) in [5.41, 5.74) is 2.97. The Hall–Kier alpha value is -2.94. The summed E-state index contributed by atoms with van der Waals surface area (Å²) in [5, 5.41) is 2.98. The molecule has 4 heterocycles. The number of nitrogens with one attached hydrogen (secondary N) is 1. The molecule has 0 saturated carbocycles. The number of ether oxygens (including phenoxy) is 1. The van der Waals surface area contributed by atoms with Gasteiger partial charge in [0, 0.05) is 58.4 Å². The molecule has 0 aliphatic carbocycles. The van der Waals surface area contributed by atoms with Gasteiger partial charge in [-0.3, -0.25) is 9.69 Å². The average molecular weight is 498 g/mol. The highest BCUT2D eigenvalue weighted by Crippen LogP contribution is 2.38. The largest absolute Gasteiger partial charge is 0.446 e. The zero-order valence-electron chi connectivity index (χ0n) is 21.4. The monoisotopic (exact) mass is 497 g/mol. The third-order valence-corrected chi connectivity index (χ3v) is 8.15.